The van der Waals surface area contributed by atoms with Gasteiger partial charge in [0.05, 0.1) is 26.9 Å². The number of rotatable bonds is 11. The van der Waals surface area contributed by atoms with Crippen LogP contribution >= 0.6 is 11.6 Å². The van der Waals surface area contributed by atoms with Crippen LogP contribution in [0.4, 0.5) is 0 Å². The summed E-state index contributed by atoms with van der Waals surface area (Å²) in [5, 5.41) is 3.11. The van der Waals surface area contributed by atoms with Crippen LogP contribution in [0.1, 0.15) is 12.0 Å². The molecule has 1 N–H and O–H groups in total. The monoisotopic (exact) mass is 495 g/mol. The van der Waals surface area contributed by atoms with Crippen LogP contribution in [0.25, 0.3) is 0 Å². The molecule has 1 heterocycles. The van der Waals surface area contributed by atoms with Gasteiger partial charge in [-0.3, -0.25) is 9.69 Å². The summed E-state index contributed by atoms with van der Waals surface area (Å²) in [5.74, 6) is -0.194. The van der Waals surface area contributed by atoms with Gasteiger partial charge in [-0.1, -0.05) is 41.9 Å². The maximum atomic E-state index is 13.5. The van der Waals surface area contributed by atoms with Gasteiger partial charge >= 0.3 is 0 Å². The topological polar surface area (TPSA) is 88.2 Å². The molecule has 0 radical (unpaired) electrons. The van der Waals surface area contributed by atoms with E-state index in [0.717, 1.165) is 49.1 Å². The van der Waals surface area contributed by atoms with E-state index >= 15 is 0 Å². The highest BCUT2D eigenvalue weighted by Gasteiger charge is 2.30. The Morgan fingerprint density at radius 3 is 2.61 bits per heavy atom. The molecule has 10 heteroatoms. The molecule has 0 atom stereocenters. The summed E-state index contributed by atoms with van der Waals surface area (Å²) in [5.41, 5.74) is 0.766. The molecular weight excluding hydrogens is 466 g/mol. The summed E-state index contributed by atoms with van der Waals surface area (Å²) >= 11 is 6.07. The minimum atomic E-state index is -4.07. The number of nitrogens with zero attached hydrogens (tertiary/aromatic N) is 2. The van der Waals surface area contributed by atoms with Gasteiger partial charge in [-0.2, -0.15) is 4.31 Å². The van der Waals surface area contributed by atoms with Gasteiger partial charge in [0, 0.05) is 31.2 Å². The molecule has 2 aromatic carbocycles. The molecule has 1 fully saturated rings. The number of methoxy groups -OCH3 is 1. The SMILES string of the molecule is COc1ccc(Cl)cc1S(=O)(=O)N(CC(=O)NCCCN1CCOCC1)Cc1ccccc1. The molecule has 0 aromatic heterocycles. The lowest BCUT2D eigenvalue weighted by Gasteiger charge is -2.26. The van der Waals surface area contributed by atoms with E-state index in [2.05, 4.69) is 10.2 Å². The number of amides is 1. The summed E-state index contributed by atoms with van der Waals surface area (Å²) in [6, 6.07) is 13.5. The summed E-state index contributed by atoms with van der Waals surface area (Å²) < 4.78 is 38.8. The van der Waals surface area contributed by atoms with Crippen molar-refractivity contribution in [1.29, 1.82) is 0 Å². The lowest BCUT2D eigenvalue weighted by molar-refractivity contribution is -0.121. The number of halogens is 1. The number of morpholine rings is 1. The van der Waals surface area contributed by atoms with Crippen molar-refractivity contribution >= 4 is 27.5 Å². The Balaban J connectivity index is 1.70. The van der Waals surface area contributed by atoms with Crippen LogP contribution in [-0.4, -0.2) is 76.6 Å². The number of benzene rings is 2. The first-order chi connectivity index (χ1) is 15.9. The summed E-state index contributed by atoms with van der Waals surface area (Å²) in [6.45, 7) is 4.28. The molecule has 33 heavy (non-hydrogen) atoms. The van der Waals surface area contributed by atoms with Crippen LogP contribution in [-0.2, 0) is 26.1 Å². The highest BCUT2D eigenvalue weighted by atomic mass is 35.5. The van der Waals surface area contributed by atoms with Crippen LogP contribution in [0, 0.1) is 0 Å². The number of nitrogens with one attached hydrogen (secondary N) is 1. The molecule has 2 aromatic rings. The quantitative estimate of drug-likeness (QED) is 0.481. The Morgan fingerprint density at radius 1 is 1.18 bits per heavy atom. The number of sulfonamides is 1. The molecule has 1 aliphatic heterocycles. The third kappa shape index (κ3) is 7.41. The molecule has 3 rings (SSSR count). The van der Waals surface area contributed by atoms with Crippen molar-refractivity contribution in [3.05, 3.63) is 59.1 Å². The molecule has 1 amide bonds. The third-order valence-electron chi connectivity index (χ3n) is 5.34. The third-order valence-corrected chi connectivity index (χ3v) is 7.39. The standard InChI is InChI=1S/C23H30ClN3O5S/c1-31-21-9-8-20(24)16-22(21)33(29,30)27(17-19-6-3-2-4-7-19)18-23(28)25-10-5-11-26-12-14-32-15-13-26/h2-4,6-9,16H,5,10-15,17-18H2,1H3,(H,25,28). The van der Waals surface area contributed by atoms with Gasteiger partial charge < -0.3 is 14.8 Å². The number of carbonyl (C=O) groups excluding carboxylic acids is 1. The van der Waals surface area contributed by atoms with Gasteiger partial charge in [0.15, 0.2) is 0 Å². The Kier molecular flexibility index (Phi) is 9.52. The average Bonchev–Trinajstić information content (AvgIpc) is 2.83. The van der Waals surface area contributed by atoms with Gasteiger partial charge in [0.25, 0.3) is 0 Å². The smallest absolute Gasteiger partial charge is 0.247 e. The largest absolute Gasteiger partial charge is 0.495 e. The zero-order valence-corrected chi connectivity index (χ0v) is 20.3. The molecular formula is C23H30ClN3O5S. The lowest BCUT2D eigenvalue weighted by atomic mass is 10.2. The molecule has 0 unspecified atom stereocenters. The van der Waals surface area contributed by atoms with E-state index in [-0.39, 0.29) is 34.7 Å². The van der Waals surface area contributed by atoms with Gasteiger partial charge in [-0.15, -0.1) is 0 Å². The second-order valence-corrected chi connectivity index (χ2v) is 10.1. The number of carbonyl (C=O) groups is 1. The first-order valence-corrected chi connectivity index (χ1v) is 12.7. The minimum absolute atomic E-state index is 0.0417. The second kappa shape index (κ2) is 12.3. The van der Waals surface area contributed by atoms with Crippen molar-refractivity contribution in [2.75, 3.05) is 53.0 Å². The average molecular weight is 496 g/mol. The normalized spacial score (nSPS) is 14.9. The van der Waals surface area contributed by atoms with Gasteiger partial charge in [0.1, 0.15) is 10.6 Å². The Bertz CT molecular complexity index is 1010. The minimum Gasteiger partial charge on any atom is -0.495 e. The van der Waals surface area contributed by atoms with Gasteiger partial charge in [-0.25, -0.2) is 8.42 Å². The highest BCUT2D eigenvalue weighted by Crippen LogP contribution is 2.30. The number of hydrogen-bond acceptors (Lipinski definition) is 6. The Morgan fingerprint density at radius 2 is 1.91 bits per heavy atom. The first kappa shape index (κ1) is 25.5. The zero-order valence-electron chi connectivity index (χ0n) is 18.7. The van der Waals surface area contributed by atoms with Gasteiger partial charge in [-0.05, 0) is 36.7 Å². The maximum Gasteiger partial charge on any atom is 0.247 e. The fourth-order valence-corrected chi connectivity index (χ4v) is 5.38. The maximum absolute atomic E-state index is 13.5. The molecule has 0 bridgehead atoms. The van der Waals surface area contributed by atoms with E-state index < -0.39 is 10.0 Å². The molecule has 8 nitrogen and oxygen atoms in total. The van der Waals surface area contributed by atoms with Crippen LogP contribution in [0.15, 0.2) is 53.4 Å². The second-order valence-electron chi connectivity index (χ2n) is 7.71. The first-order valence-electron chi connectivity index (χ1n) is 10.8. The molecule has 180 valence electrons. The molecule has 0 spiro atoms. The van der Waals surface area contributed by atoms with Crippen molar-refractivity contribution in [2.24, 2.45) is 0 Å². The fraction of sp³-hybridized carbons (Fsp3) is 0.435. The van der Waals surface area contributed by atoms with E-state index in [1.807, 2.05) is 30.3 Å². The molecule has 1 saturated heterocycles. The Labute approximate surface area is 200 Å². The van der Waals surface area contributed by atoms with E-state index in [1.165, 1.54) is 19.2 Å². The molecule has 1 aliphatic rings. The van der Waals surface area contributed by atoms with Crippen LogP contribution in [0.3, 0.4) is 0 Å². The van der Waals surface area contributed by atoms with Crippen LogP contribution in [0.5, 0.6) is 5.75 Å². The molecule has 0 saturated carbocycles. The fourth-order valence-electron chi connectivity index (χ4n) is 3.58. The van der Waals surface area contributed by atoms with E-state index in [9.17, 15) is 13.2 Å². The van der Waals surface area contributed by atoms with Crippen LogP contribution < -0.4 is 10.1 Å². The van der Waals surface area contributed by atoms with E-state index in [4.69, 9.17) is 21.1 Å². The lowest BCUT2D eigenvalue weighted by Crippen LogP contribution is -2.41. The summed E-state index contributed by atoms with van der Waals surface area (Å²) in [4.78, 5) is 14.9. The van der Waals surface area contributed by atoms with E-state index in [1.54, 1.807) is 6.07 Å². The predicted octanol–water partition coefficient (Wildman–Crippen LogP) is 2.38. The van der Waals surface area contributed by atoms with Crippen LogP contribution in [0.2, 0.25) is 5.02 Å². The van der Waals surface area contributed by atoms with Gasteiger partial charge in [0.2, 0.25) is 15.9 Å². The van der Waals surface area contributed by atoms with Crippen molar-refractivity contribution in [3.8, 4) is 5.75 Å². The zero-order chi connectivity index (χ0) is 23.7. The predicted molar refractivity (Wildman–Crippen MR) is 127 cm³/mol. The van der Waals surface area contributed by atoms with Crippen molar-refractivity contribution < 1.29 is 22.7 Å². The number of hydrogen-bond donors (Lipinski definition) is 1. The molecule has 0 aliphatic carbocycles. The van der Waals surface area contributed by atoms with Crippen molar-refractivity contribution in [2.45, 2.75) is 17.9 Å². The Hall–Kier alpha value is -2.17. The van der Waals surface area contributed by atoms with Crippen molar-refractivity contribution in [1.82, 2.24) is 14.5 Å². The summed E-state index contributed by atoms with van der Waals surface area (Å²) in [6.07, 6.45) is 0.777. The number of ether oxygens (including phenoxy) is 2. The summed E-state index contributed by atoms with van der Waals surface area (Å²) in [7, 11) is -2.67. The van der Waals surface area contributed by atoms with Crippen molar-refractivity contribution in [3.63, 3.8) is 0 Å². The highest BCUT2D eigenvalue weighted by molar-refractivity contribution is 7.89. The van der Waals surface area contributed by atoms with E-state index in [0.29, 0.717) is 6.54 Å².